The smallest absolute Gasteiger partial charge is 0.0327 e. The molecule has 0 amide bonds. The van der Waals surface area contributed by atoms with Crippen molar-refractivity contribution in [3.8, 4) is 0 Å². The van der Waals surface area contributed by atoms with Gasteiger partial charge in [-0.2, -0.15) is 0 Å². The van der Waals surface area contributed by atoms with Gasteiger partial charge in [0.15, 0.2) is 0 Å². The quantitative estimate of drug-likeness (QED) is 0.835. The number of nitrogens with zero attached hydrogens (tertiary/aromatic N) is 1. The molecule has 17 heavy (non-hydrogen) atoms. The molecule has 2 aliphatic carbocycles. The SMILES string of the molecule is CN(Cc1ccc(CNC2CC2)s1)C1CCC1. The Bertz CT molecular complexity index is 366. The van der Waals surface area contributed by atoms with Crippen molar-refractivity contribution in [3.05, 3.63) is 21.9 Å². The number of rotatable bonds is 6. The molecule has 0 aliphatic heterocycles. The Kier molecular flexibility index (Phi) is 3.50. The second kappa shape index (κ2) is 5.09. The van der Waals surface area contributed by atoms with Gasteiger partial charge in [0.2, 0.25) is 0 Å². The minimum Gasteiger partial charge on any atom is -0.309 e. The van der Waals surface area contributed by atoms with Crippen LogP contribution in [0.25, 0.3) is 0 Å². The van der Waals surface area contributed by atoms with Gasteiger partial charge < -0.3 is 5.32 Å². The lowest BCUT2D eigenvalue weighted by molar-refractivity contribution is 0.154. The number of thiophene rings is 1. The normalized spacial score (nSPS) is 20.8. The van der Waals surface area contributed by atoms with E-state index in [4.69, 9.17) is 0 Å². The molecule has 1 aromatic heterocycles. The predicted octanol–water partition coefficient (Wildman–Crippen LogP) is 2.98. The molecule has 0 unspecified atom stereocenters. The summed E-state index contributed by atoms with van der Waals surface area (Å²) in [6.07, 6.45) is 6.98. The van der Waals surface area contributed by atoms with Crippen molar-refractivity contribution >= 4 is 11.3 Å². The fraction of sp³-hybridized carbons (Fsp3) is 0.714. The summed E-state index contributed by atoms with van der Waals surface area (Å²) in [4.78, 5) is 5.54. The Labute approximate surface area is 108 Å². The molecule has 1 N–H and O–H groups in total. The Morgan fingerprint density at radius 2 is 2.00 bits per heavy atom. The van der Waals surface area contributed by atoms with E-state index in [0.29, 0.717) is 0 Å². The molecule has 2 nitrogen and oxygen atoms in total. The fourth-order valence-corrected chi connectivity index (χ4v) is 3.37. The molecular weight excluding hydrogens is 228 g/mol. The second-order valence-corrected chi connectivity index (χ2v) is 6.78. The Morgan fingerprint density at radius 3 is 2.65 bits per heavy atom. The summed E-state index contributed by atoms with van der Waals surface area (Å²) < 4.78 is 0. The number of hydrogen-bond donors (Lipinski definition) is 1. The molecule has 1 heterocycles. The Morgan fingerprint density at radius 1 is 1.24 bits per heavy atom. The first-order chi connectivity index (χ1) is 8.31. The van der Waals surface area contributed by atoms with Gasteiger partial charge in [-0.1, -0.05) is 6.42 Å². The molecule has 0 bridgehead atoms. The lowest BCUT2D eigenvalue weighted by atomic mass is 9.92. The molecule has 0 aromatic carbocycles. The van der Waals surface area contributed by atoms with Gasteiger partial charge in [-0.25, -0.2) is 0 Å². The van der Waals surface area contributed by atoms with Crippen molar-refractivity contribution in [2.24, 2.45) is 0 Å². The molecule has 2 fully saturated rings. The monoisotopic (exact) mass is 250 g/mol. The van der Waals surface area contributed by atoms with Crippen molar-refractivity contribution in [1.82, 2.24) is 10.2 Å². The zero-order chi connectivity index (χ0) is 11.7. The zero-order valence-electron chi connectivity index (χ0n) is 10.6. The van der Waals surface area contributed by atoms with E-state index in [1.165, 1.54) is 41.9 Å². The lowest BCUT2D eigenvalue weighted by Gasteiger charge is -2.34. The molecule has 3 rings (SSSR count). The third-order valence-corrected chi connectivity index (χ3v) is 5.03. The minimum absolute atomic E-state index is 0.818. The van der Waals surface area contributed by atoms with Gasteiger partial charge in [0.05, 0.1) is 0 Å². The number of hydrogen-bond acceptors (Lipinski definition) is 3. The first-order valence-electron chi connectivity index (χ1n) is 6.82. The third kappa shape index (κ3) is 3.09. The largest absolute Gasteiger partial charge is 0.309 e. The molecule has 3 heteroatoms. The maximum Gasteiger partial charge on any atom is 0.0327 e. The molecule has 0 atom stereocenters. The maximum absolute atomic E-state index is 3.58. The van der Waals surface area contributed by atoms with Crippen molar-refractivity contribution < 1.29 is 0 Å². The van der Waals surface area contributed by atoms with Gasteiger partial charge in [-0.15, -0.1) is 11.3 Å². The van der Waals surface area contributed by atoms with Crippen molar-refractivity contribution in [2.75, 3.05) is 7.05 Å². The molecule has 0 saturated heterocycles. The van der Waals surface area contributed by atoms with Crippen LogP contribution >= 0.6 is 11.3 Å². The highest BCUT2D eigenvalue weighted by molar-refractivity contribution is 7.11. The summed E-state index contributed by atoms with van der Waals surface area (Å²) in [6.45, 7) is 2.21. The molecule has 2 saturated carbocycles. The topological polar surface area (TPSA) is 15.3 Å². The van der Waals surface area contributed by atoms with Crippen LogP contribution in [0, 0.1) is 0 Å². The van der Waals surface area contributed by atoms with Crippen LogP contribution in [0.3, 0.4) is 0 Å². The van der Waals surface area contributed by atoms with Crippen LogP contribution in [-0.4, -0.2) is 24.0 Å². The Balaban J connectivity index is 1.48. The summed E-state index contributed by atoms with van der Waals surface area (Å²) in [6, 6.07) is 6.27. The maximum atomic E-state index is 3.58. The number of nitrogens with one attached hydrogen (secondary N) is 1. The van der Waals surface area contributed by atoms with Gasteiger partial charge in [-0.05, 0) is 44.9 Å². The van der Waals surface area contributed by atoms with E-state index in [1.807, 2.05) is 11.3 Å². The predicted molar refractivity (Wildman–Crippen MR) is 73.3 cm³/mol. The van der Waals surface area contributed by atoms with Crippen LogP contribution in [-0.2, 0) is 13.1 Å². The van der Waals surface area contributed by atoms with E-state index >= 15 is 0 Å². The summed E-state index contributed by atoms with van der Waals surface area (Å²) in [7, 11) is 2.27. The molecule has 1 aromatic rings. The molecule has 0 radical (unpaired) electrons. The molecule has 2 aliphatic rings. The lowest BCUT2D eigenvalue weighted by Crippen LogP contribution is -2.36. The second-order valence-electron chi connectivity index (χ2n) is 5.52. The van der Waals surface area contributed by atoms with Gasteiger partial charge >= 0.3 is 0 Å². The summed E-state index contributed by atoms with van der Waals surface area (Å²) in [5, 5.41) is 3.58. The highest BCUT2D eigenvalue weighted by atomic mass is 32.1. The highest BCUT2D eigenvalue weighted by Gasteiger charge is 2.22. The van der Waals surface area contributed by atoms with Gasteiger partial charge in [0, 0.05) is 34.9 Å². The van der Waals surface area contributed by atoms with Gasteiger partial charge in [-0.3, -0.25) is 4.90 Å². The van der Waals surface area contributed by atoms with E-state index in [9.17, 15) is 0 Å². The van der Waals surface area contributed by atoms with Gasteiger partial charge in [0.25, 0.3) is 0 Å². The van der Waals surface area contributed by atoms with E-state index in [2.05, 4.69) is 29.4 Å². The van der Waals surface area contributed by atoms with Gasteiger partial charge in [0.1, 0.15) is 0 Å². The fourth-order valence-electron chi connectivity index (χ4n) is 2.34. The summed E-state index contributed by atoms with van der Waals surface area (Å²) >= 11 is 1.98. The van der Waals surface area contributed by atoms with Crippen LogP contribution in [0.4, 0.5) is 0 Å². The van der Waals surface area contributed by atoms with Crippen molar-refractivity contribution in [1.29, 1.82) is 0 Å². The summed E-state index contributed by atoms with van der Waals surface area (Å²) in [5.41, 5.74) is 0. The van der Waals surface area contributed by atoms with Crippen LogP contribution in [0.15, 0.2) is 12.1 Å². The van der Waals surface area contributed by atoms with Crippen LogP contribution < -0.4 is 5.32 Å². The average molecular weight is 250 g/mol. The Hall–Kier alpha value is -0.380. The minimum atomic E-state index is 0.818. The van der Waals surface area contributed by atoms with E-state index in [0.717, 1.165) is 25.2 Å². The van der Waals surface area contributed by atoms with E-state index in [-0.39, 0.29) is 0 Å². The van der Waals surface area contributed by atoms with Crippen molar-refractivity contribution in [2.45, 2.75) is 57.3 Å². The molecule has 0 spiro atoms. The van der Waals surface area contributed by atoms with Crippen LogP contribution in [0.1, 0.15) is 41.9 Å². The standard InChI is InChI=1S/C14H22N2S/c1-16(12-3-2-4-12)10-14-8-7-13(17-14)9-15-11-5-6-11/h7-8,11-12,15H,2-6,9-10H2,1H3. The van der Waals surface area contributed by atoms with E-state index in [1.54, 1.807) is 0 Å². The third-order valence-electron chi connectivity index (χ3n) is 3.96. The van der Waals surface area contributed by atoms with Crippen LogP contribution in [0.2, 0.25) is 0 Å². The average Bonchev–Trinajstić information content (AvgIpc) is 2.95. The first kappa shape index (κ1) is 11.7. The zero-order valence-corrected chi connectivity index (χ0v) is 11.4. The van der Waals surface area contributed by atoms with E-state index < -0.39 is 0 Å². The summed E-state index contributed by atoms with van der Waals surface area (Å²) in [5.74, 6) is 0. The molecule has 94 valence electrons. The highest BCUT2D eigenvalue weighted by Crippen LogP contribution is 2.27. The first-order valence-corrected chi connectivity index (χ1v) is 7.64. The molecular formula is C14H22N2S. The van der Waals surface area contributed by atoms with Crippen molar-refractivity contribution in [3.63, 3.8) is 0 Å². The van der Waals surface area contributed by atoms with Crippen LogP contribution in [0.5, 0.6) is 0 Å².